The van der Waals surface area contributed by atoms with Crippen molar-refractivity contribution < 1.29 is 4.79 Å². The van der Waals surface area contributed by atoms with Crippen LogP contribution in [0.15, 0.2) is 23.8 Å². The van der Waals surface area contributed by atoms with E-state index in [1.807, 2.05) is 6.08 Å². The minimum atomic E-state index is -0.361. The van der Waals surface area contributed by atoms with Crippen LogP contribution < -0.4 is 5.73 Å². The van der Waals surface area contributed by atoms with Crippen molar-refractivity contribution in [2.75, 3.05) is 0 Å². The van der Waals surface area contributed by atoms with Crippen molar-refractivity contribution in [3.63, 3.8) is 0 Å². The maximum atomic E-state index is 10.6. The molecule has 0 aromatic carbocycles. The highest BCUT2D eigenvalue weighted by Crippen LogP contribution is 1.97. The third-order valence-electron chi connectivity index (χ3n) is 1.35. The summed E-state index contributed by atoms with van der Waals surface area (Å²) in [6, 6.07) is 0. The molecule has 0 saturated heterocycles. The van der Waals surface area contributed by atoms with E-state index >= 15 is 0 Å². The van der Waals surface area contributed by atoms with Crippen molar-refractivity contribution >= 4 is 5.91 Å². The Balaban J connectivity index is 0. The molecule has 0 aromatic rings. The zero-order valence-corrected chi connectivity index (χ0v) is 8.29. The van der Waals surface area contributed by atoms with Crippen molar-refractivity contribution in [1.29, 1.82) is 0 Å². The number of amides is 1. The second-order valence-corrected chi connectivity index (χ2v) is 2.30. The molecule has 0 atom stereocenters. The monoisotopic (exact) mass is 179 g/mol. The quantitative estimate of drug-likeness (QED) is 0.400. The molecule has 0 aliphatic carbocycles. The van der Waals surface area contributed by atoms with E-state index < -0.39 is 0 Å². The number of primary amides is 1. The topological polar surface area (TPSA) is 43.1 Å². The summed E-state index contributed by atoms with van der Waals surface area (Å²) in [6.07, 6.45) is 15.5. The SMILES string of the molecule is C#C.C/C=C(\C=C/CCC)C(N)=O. The van der Waals surface area contributed by atoms with Gasteiger partial charge >= 0.3 is 0 Å². The van der Waals surface area contributed by atoms with Crippen LogP contribution in [0.5, 0.6) is 0 Å². The maximum absolute atomic E-state index is 10.6. The van der Waals surface area contributed by atoms with Crippen LogP contribution in [-0.4, -0.2) is 5.91 Å². The number of hydrogen-bond donors (Lipinski definition) is 1. The van der Waals surface area contributed by atoms with E-state index in [9.17, 15) is 4.79 Å². The van der Waals surface area contributed by atoms with Gasteiger partial charge < -0.3 is 5.73 Å². The molecule has 0 aliphatic heterocycles. The summed E-state index contributed by atoms with van der Waals surface area (Å²) in [7, 11) is 0. The molecule has 2 nitrogen and oxygen atoms in total. The highest BCUT2D eigenvalue weighted by molar-refractivity contribution is 5.94. The minimum Gasteiger partial charge on any atom is -0.366 e. The summed E-state index contributed by atoms with van der Waals surface area (Å²) in [5, 5.41) is 0. The molecule has 13 heavy (non-hydrogen) atoms. The zero-order chi connectivity index (χ0) is 10.7. The Morgan fingerprint density at radius 1 is 1.46 bits per heavy atom. The fraction of sp³-hybridized carbons (Fsp3) is 0.364. The van der Waals surface area contributed by atoms with Gasteiger partial charge in [0, 0.05) is 5.57 Å². The van der Waals surface area contributed by atoms with Gasteiger partial charge in [0.1, 0.15) is 0 Å². The van der Waals surface area contributed by atoms with Crippen LogP contribution in [0.4, 0.5) is 0 Å². The highest BCUT2D eigenvalue weighted by atomic mass is 16.1. The van der Waals surface area contributed by atoms with Gasteiger partial charge in [-0.2, -0.15) is 0 Å². The van der Waals surface area contributed by atoms with E-state index in [2.05, 4.69) is 19.8 Å². The van der Waals surface area contributed by atoms with Gasteiger partial charge in [-0.25, -0.2) is 0 Å². The van der Waals surface area contributed by atoms with Crippen molar-refractivity contribution in [1.82, 2.24) is 0 Å². The van der Waals surface area contributed by atoms with Gasteiger partial charge in [0.15, 0.2) is 0 Å². The summed E-state index contributed by atoms with van der Waals surface area (Å²) in [4.78, 5) is 10.6. The Labute approximate surface area is 80.5 Å². The number of rotatable bonds is 4. The second kappa shape index (κ2) is 10.5. The lowest BCUT2D eigenvalue weighted by Gasteiger charge is -1.92. The summed E-state index contributed by atoms with van der Waals surface area (Å²) < 4.78 is 0. The number of carbonyl (C=O) groups is 1. The van der Waals surface area contributed by atoms with E-state index in [0.29, 0.717) is 5.57 Å². The number of allylic oxidation sites excluding steroid dienone is 2. The van der Waals surface area contributed by atoms with Crippen molar-refractivity contribution in [3.05, 3.63) is 23.8 Å². The first-order valence-electron chi connectivity index (χ1n) is 4.18. The van der Waals surface area contributed by atoms with Crippen LogP contribution in [0.3, 0.4) is 0 Å². The van der Waals surface area contributed by atoms with Gasteiger partial charge in [-0.1, -0.05) is 31.6 Å². The second-order valence-electron chi connectivity index (χ2n) is 2.30. The largest absolute Gasteiger partial charge is 0.366 e. The van der Waals surface area contributed by atoms with E-state index in [-0.39, 0.29) is 5.91 Å². The molecule has 0 fully saturated rings. The summed E-state index contributed by atoms with van der Waals surface area (Å²) in [6.45, 7) is 3.89. The first-order chi connectivity index (χ1) is 6.22. The Morgan fingerprint density at radius 2 is 2.00 bits per heavy atom. The van der Waals surface area contributed by atoms with Crippen LogP contribution in [-0.2, 0) is 4.79 Å². The molecule has 0 rings (SSSR count). The molecule has 0 aromatic heterocycles. The molecule has 0 saturated carbocycles. The van der Waals surface area contributed by atoms with Gasteiger partial charge in [-0.15, -0.1) is 12.8 Å². The lowest BCUT2D eigenvalue weighted by Crippen LogP contribution is -2.11. The smallest absolute Gasteiger partial charge is 0.248 e. The molecule has 0 spiro atoms. The standard InChI is InChI=1S/C9H15NO.C2H2/c1-3-5-6-7-8(4-2)9(10)11;1-2/h4,6-7H,3,5H2,1-2H3,(H2,10,11);1-2H/b7-6-,8-4+;. The number of hydrogen-bond acceptors (Lipinski definition) is 1. The first kappa shape index (κ1) is 14.1. The van der Waals surface area contributed by atoms with Crippen molar-refractivity contribution in [3.8, 4) is 12.8 Å². The molecule has 72 valence electrons. The fourth-order valence-corrected chi connectivity index (χ4v) is 0.698. The van der Waals surface area contributed by atoms with Gasteiger partial charge in [-0.3, -0.25) is 4.79 Å². The number of nitrogens with two attached hydrogens (primary N) is 1. The summed E-state index contributed by atoms with van der Waals surface area (Å²) >= 11 is 0. The summed E-state index contributed by atoms with van der Waals surface area (Å²) in [5.74, 6) is -0.361. The van der Waals surface area contributed by atoms with E-state index in [4.69, 9.17) is 5.73 Å². The molecule has 2 N–H and O–H groups in total. The Hall–Kier alpha value is -1.49. The van der Waals surface area contributed by atoms with Gasteiger partial charge in [0.05, 0.1) is 0 Å². The maximum Gasteiger partial charge on any atom is 0.248 e. The number of terminal acetylenes is 1. The number of carbonyl (C=O) groups excluding carboxylic acids is 1. The van der Waals surface area contributed by atoms with Crippen LogP contribution in [0.1, 0.15) is 26.7 Å². The third kappa shape index (κ3) is 8.42. The third-order valence-corrected chi connectivity index (χ3v) is 1.35. The van der Waals surface area contributed by atoms with Crippen LogP contribution in [0, 0.1) is 12.8 Å². The van der Waals surface area contributed by atoms with Crippen LogP contribution in [0.2, 0.25) is 0 Å². The fourth-order valence-electron chi connectivity index (χ4n) is 0.698. The average molecular weight is 179 g/mol. The molecular formula is C11H17NO. The Bertz CT molecular complexity index is 211. The highest BCUT2D eigenvalue weighted by Gasteiger charge is 1.95. The van der Waals surface area contributed by atoms with Crippen LogP contribution in [0.25, 0.3) is 0 Å². The van der Waals surface area contributed by atoms with Crippen LogP contribution >= 0.6 is 0 Å². The molecular weight excluding hydrogens is 162 g/mol. The molecule has 1 amide bonds. The van der Waals surface area contributed by atoms with Gasteiger partial charge in [-0.05, 0) is 13.3 Å². The predicted molar refractivity (Wildman–Crippen MR) is 56.9 cm³/mol. The van der Waals surface area contributed by atoms with Gasteiger partial charge in [0.2, 0.25) is 5.91 Å². The molecule has 0 heterocycles. The minimum absolute atomic E-state index is 0.361. The Kier molecular flexibility index (Phi) is 11.4. The normalized spacial score (nSPS) is 10.6. The lowest BCUT2D eigenvalue weighted by atomic mass is 10.2. The molecule has 0 aliphatic rings. The Morgan fingerprint density at radius 3 is 2.31 bits per heavy atom. The zero-order valence-electron chi connectivity index (χ0n) is 8.29. The van der Waals surface area contributed by atoms with Crippen molar-refractivity contribution in [2.24, 2.45) is 5.73 Å². The molecule has 0 radical (unpaired) electrons. The van der Waals surface area contributed by atoms with E-state index in [1.165, 1.54) is 0 Å². The molecule has 2 heteroatoms. The predicted octanol–water partition coefficient (Wildman–Crippen LogP) is 2.02. The van der Waals surface area contributed by atoms with E-state index in [0.717, 1.165) is 12.8 Å². The summed E-state index contributed by atoms with van der Waals surface area (Å²) in [5.41, 5.74) is 5.65. The average Bonchev–Trinajstić information content (AvgIpc) is 2.15. The van der Waals surface area contributed by atoms with Crippen molar-refractivity contribution in [2.45, 2.75) is 26.7 Å². The first-order valence-corrected chi connectivity index (χ1v) is 4.18. The number of unbranched alkanes of at least 4 members (excludes halogenated alkanes) is 1. The molecule has 0 bridgehead atoms. The lowest BCUT2D eigenvalue weighted by molar-refractivity contribution is -0.114. The molecule has 0 unspecified atom stereocenters. The van der Waals surface area contributed by atoms with E-state index in [1.54, 1.807) is 19.1 Å². The van der Waals surface area contributed by atoms with Gasteiger partial charge in [0.25, 0.3) is 0 Å².